The second kappa shape index (κ2) is 6.72. The van der Waals surface area contributed by atoms with Crippen molar-refractivity contribution >= 4 is 49.1 Å². The van der Waals surface area contributed by atoms with Gasteiger partial charge in [-0.25, -0.2) is 18.1 Å². The number of aromatic nitrogens is 2. The lowest BCUT2D eigenvalue weighted by molar-refractivity contribution is 0.578. The summed E-state index contributed by atoms with van der Waals surface area (Å²) < 4.78 is 28.2. The van der Waals surface area contributed by atoms with Gasteiger partial charge in [-0.15, -0.1) is 0 Å². The van der Waals surface area contributed by atoms with Gasteiger partial charge >= 0.3 is 0 Å². The minimum absolute atomic E-state index is 0.0721. The Bertz CT molecular complexity index is 827. The summed E-state index contributed by atoms with van der Waals surface area (Å²) in [6.45, 7) is 0.472. The van der Waals surface area contributed by atoms with Crippen LogP contribution in [-0.4, -0.2) is 24.9 Å². The van der Waals surface area contributed by atoms with Crippen LogP contribution < -0.4 is 10.0 Å². The number of anilines is 2. The van der Waals surface area contributed by atoms with Gasteiger partial charge < -0.3 is 5.32 Å². The van der Waals surface area contributed by atoms with E-state index in [1.54, 1.807) is 24.3 Å². The Labute approximate surface area is 147 Å². The molecule has 3 rings (SSSR count). The van der Waals surface area contributed by atoms with E-state index in [1.165, 1.54) is 6.20 Å². The Hall–Kier alpha value is -1.22. The minimum Gasteiger partial charge on any atom is -0.338 e. The average Bonchev–Trinajstić information content (AvgIpc) is 3.34. The fraction of sp³-hybridized carbons (Fsp3) is 0.286. The van der Waals surface area contributed by atoms with Crippen LogP contribution in [0, 0.1) is 5.92 Å². The smallest absolute Gasteiger partial charge is 0.242 e. The largest absolute Gasteiger partial charge is 0.338 e. The highest BCUT2D eigenvalue weighted by Crippen LogP contribution is 2.30. The molecule has 0 spiro atoms. The predicted octanol–water partition coefficient (Wildman–Crippen LogP) is 3.32. The van der Waals surface area contributed by atoms with Crippen molar-refractivity contribution in [3.8, 4) is 0 Å². The fourth-order valence-electron chi connectivity index (χ4n) is 1.99. The molecular weight excluding hydrogens is 404 g/mol. The summed E-state index contributed by atoms with van der Waals surface area (Å²) in [5, 5.41) is 3.06. The molecule has 23 heavy (non-hydrogen) atoms. The van der Waals surface area contributed by atoms with Crippen LogP contribution >= 0.6 is 27.5 Å². The normalized spacial score (nSPS) is 14.7. The zero-order chi connectivity index (χ0) is 16.4. The van der Waals surface area contributed by atoms with Gasteiger partial charge in [-0.05, 0) is 58.4 Å². The highest BCUT2D eigenvalue weighted by molar-refractivity contribution is 9.10. The molecule has 9 heteroatoms. The van der Waals surface area contributed by atoms with Crippen LogP contribution in [0.1, 0.15) is 12.8 Å². The van der Waals surface area contributed by atoms with Crippen LogP contribution in [0.5, 0.6) is 0 Å². The topological polar surface area (TPSA) is 84.0 Å². The molecule has 6 nitrogen and oxygen atoms in total. The maximum Gasteiger partial charge on any atom is 0.242 e. The summed E-state index contributed by atoms with van der Waals surface area (Å²) in [5.74, 6) is 0.856. The molecule has 0 bridgehead atoms. The summed E-state index contributed by atoms with van der Waals surface area (Å²) in [5.41, 5.74) is 0.422. The van der Waals surface area contributed by atoms with Crippen molar-refractivity contribution in [2.75, 3.05) is 11.9 Å². The number of rotatable bonds is 6. The van der Waals surface area contributed by atoms with E-state index < -0.39 is 10.0 Å². The molecular formula is C14H14BrClN4O2S. The minimum atomic E-state index is -3.59. The van der Waals surface area contributed by atoms with E-state index in [4.69, 9.17) is 11.6 Å². The lowest BCUT2D eigenvalue weighted by Crippen LogP contribution is -2.26. The number of hydrogen-bond acceptors (Lipinski definition) is 5. The molecule has 0 radical (unpaired) electrons. The summed E-state index contributed by atoms with van der Waals surface area (Å²) >= 11 is 9.10. The first-order chi connectivity index (χ1) is 11.0. The van der Waals surface area contributed by atoms with Crippen LogP contribution in [0.15, 0.2) is 39.8 Å². The van der Waals surface area contributed by atoms with Gasteiger partial charge in [-0.1, -0.05) is 12.1 Å². The van der Waals surface area contributed by atoms with Crippen molar-refractivity contribution in [3.05, 3.63) is 40.2 Å². The Morgan fingerprint density at radius 3 is 2.78 bits per heavy atom. The SMILES string of the molecule is O=S(=O)(NCC1CC1)c1ccccc1Nc1nc(Cl)ncc1Br. The number of halogens is 2. The second-order valence-corrected chi connectivity index (χ2v) is 8.18. The number of hydrogen-bond donors (Lipinski definition) is 2. The van der Waals surface area contributed by atoms with Crippen molar-refractivity contribution in [1.82, 2.24) is 14.7 Å². The average molecular weight is 418 g/mol. The molecule has 1 aromatic heterocycles. The van der Waals surface area contributed by atoms with Gasteiger partial charge in [-0.3, -0.25) is 0 Å². The Kier molecular flexibility index (Phi) is 4.86. The molecule has 2 aromatic rings. The van der Waals surface area contributed by atoms with E-state index in [1.807, 2.05) is 0 Å². The molecule has 1 heterocycles. The van der Waals surface area contributed by atoms with Crippen LogP contribution in [-0.2, 0) is 10.0 Å². The summed E-state index contributed by atoms with van der Waals surface area (Å²) in [6, 6.07) is 6.65. The molecule has 0 amide bonds. The summed E-state index contributed by atoms with van der Waals surface area (Å²) in [7, 11) is -3.59. The molecule has 0 atom stereocenters. The standard InChI is InChI=1S/C14H14BrClN4O2S/c15-10-8-17-14(16)20-13(10)19-11-3-1-2-4-12(11)23(21,22)18-7-9-5-6-9/h1-4,8-9,18H,5-7H2,(H,17,19,20). The number of benzene rings is 1. The Morgan fingerprint density at radius 2 is 2.04 bits per heavy atom. The summed E-state index contributed by atoms with van der Waals surface area (Å²) in [6.07, 6.45) is 3.66. The van der Waals surface area contributed by atoms with Crippen molar-refractivity contribution in [2.24, 2.45) is 5.92 Å². The van der Waals surface area contributed by atoms with Crippen molar-refractivity contribution in [1.29, 1.82) is 0 Å². The van der Waals surface area contributed by atoms with Gasteiger partial charge in [-0.2, -0.15) is 4.98 Å². The van der Waals surface area contributed by atoms with Gasteiger partial charge in [0.2, 0.25) is 15.3 Å². The third-order valence-corrected chi connectivity index (χ3v) is 5.65. The Balaban J connectivity index is 1.89. The highest BCUT2D eigenvalue weighted by atomic mass is 79.9. The van der Waals surface area contributed by atoms with Crippen molar-refractivity contribution < 1.29 is 8.42 Å². The summed E-state index contributed by atoms with van der Waals surface area (Å²) in [4.78, 5) is 8.07. The van der Waals surface area contributed by atoms with E-state index in [9.17, 15) is 8.42 Å². The van der Waals surface area contributed by atoms with E-state index in [-0.39, 0.29) is 10.2 Å². The maximum absolute atomic E-state index is 12.5. The number of para-hydroxylation sites is 1. The van der Waals surface area contributed by atoms with Gasteiger partial charge in [0, 0.05) is 12.7 Å². The molecule has 1 fully saturated rings. The molecule has 0 unspecified atom stereocenters. The van der Waals surface area contributed by atoms with Crippen LogP contribution in [0.25, 0.3) is 0 Å². The first-order valence-corrected chi connectivity index (χ1v) is 9.65. The van der Waals surface area contributed by atoms with Gasteiger partial charge in [0.1, 0.15) is 10.7 Å². The third kappa shape index (κ3) is 4.20. The predicted molar refractivity (Wildman–Crippen MR) is 92.4 cm³/mol. The monoisotopic (exact) mass is 416 g/mol. The molecule has 1 aliphatic rings. The van der Waals surface area contributed by atoms with Gasteiger partial charge in [0.25, 0.3) is 0 Å². The molecule has 1 aliphatic carbocycles. The molecule has 0 saturated heterocycles. The first-order valence-electron chi connectivity index (χ1n) is 6.99. The Morgan fingerprint density at radius 1 is 1.30 bits per heavy atom. The van der Waals surface area contributed by atoms with Gasteiger partial charge in [0.05, 0.1) is 10.2 Å². The zero-order valence-electron chi connectivity index (χ0n) is 12.0. The lowest BCUT2D eigenvalue weighted by atomic mass is 10.3. The van der Waals surface area contributed by atoms with E-state index >= 15 is 0 Å². The molecule has 1 aromatic carbocycles. The van der Waals surface area contributed by atoms with Crippen molar-refractivity contribution in [2.45, 2.75) is 17.7 Å². The van der Waals surface area contributed by atoms with Crippen LogP contribution in [0.4, 0.5) is 11.5 Å². The van der Waals surface area contributed by atoms with E-state index in [2.05, 4.69) is 35.9 Å². The molecule has 122 valence electrons. The van der Waals surface area contributed by atoms with Crippen LogP contribution in [0.3, 0.4) is 0 Å². The number of nitrogens with zero attached hydrogens (tertiary/aromatic N) is 2. The number of nitrogens with one attached hydrogen (secondary N) is 2. The highest BCUT2D eigenvalue weighted by Gasteiger charge is 2.25. The van der Waals surface area contributed by atoms with E-state index in [0.717, 1.165) is 12.8 Å². The molecule has 1 saturated carbocycles. The maximum atomic E-state index is 12.5. The molecule has 0 aliphatic heterocycles. The van der Waals surface area contributed by atoms with E-state index in [0.29, 0.717) is 28.4 Å². The van der Waals surface area contributed by atoms with Crippen LogP contribution in [0.2, 0.25) is 5.28 Å². The fourth-order valence-corrected chi connectivity index (χ4v) is 3.69. The number of sulfonamides is 1. The lowest BCUT2D eigenvalue weighted by Gasteiger charge is -2.13. The second-order valence-electron chi connectivity index (χ2n) is 5.25. The van der Waals surface area contributed by atoms with Gasteiger partial charge in [0.15, 0.2) is 0 Å². The first kappa shape index (κ1) is 16.6. The third-order valence-electron chi connectivity index (χ3n) is 3.40. The molecule has 2 N–H and O–H groups in total. The quantitative estimate of drug-likeness (QED) is 0.704. The van der Waals surface area contributed by atoms with Crippen molar-refractivity contribution in [3.63, 3.8) is 0 Å². The zero-order valence-corrected chi connectivity index (χ0v) is 15.1.